The molecule has 0 saturated carbocycles. The molecular weight excluding hydrogens is 290 g/mol. The lowest BCUT2D eigenvalue weighted by molar-refractivity contribution is 0.719. The summed E-state index contributed by atoms with van der Waals surface area (Å²) < 4.78 is 0. The fourth-order valence-electron chi connectivity index (χ4n) is 2.50. The van der Waals surface area contributed by atoms with E-state index in [0.717, 1.165) is 28.4 Å². The second kappa shape index (κ2) is 5.56. The van der Waals surface area contributed by atoms with E-state index < -0.39 is 0 Å². The van der Waals surface area contributed by atoms with Crippen molar-refractivity contribution in [3.8, 4) is 0 Å². The maximum atomic E-state index is 6.04. The topological polar surface area (TPSA) is 41.6 Å². The zero-order valence-electron chi connectivity index (χ0n) is 11.2. The standard InChI is InChI=1S/C15H16ClN3S/c1-10-7-11(16)4-5-13(10)19-14(8-12(9-17)18-19)15-3-2-6-20-15/h2-7,14H,8-9,17H2,1H3. The Morgan fingerprint density at radius 1 is 1.45 bits per heavy atom. The highest BCUT2D eigenvalue weighted by molar-refractivity contribution is 7.10. The van der Waals surface area contributed by atoms with Crippen molar-refractivity contribution in [2.75, 3.05) is 11.6 Å². The van der Waals surface area contributed by atoms with Crippen LogP contribution in [0.5, 0.6) is 0 Å². The van der Waals surface area contributed by atoms with Gasteiger partial charge in [0.15, 0.2) is 0 Å². The van der Waals surface area contributed by atoms with Gasteiger partial charge in [-0.05, 0) is 42.1 Å². The van der Waals surface area contributed by atoms with Gasteiger partial charge in [-0.1, -0.05) is 17.7 Å². The van der Waals surface area contributed by atoms with E-state index in [9.17, 15) is 0 Å². The molecule has 0 saturated heterocycles. The maximum Gasteiger partial charge on any atom is 0.0920 e. The Balaban J connectivity index is 2.01. The van der Waals surface area contributed by atoms with Crippen molar-refractivity contribution in [1.82, 2.24) is 0 Å². The molecule has 5 heteroatoms. The van der Waals surface area contributed by atoms with Gasteiger partial charge >= 0.3 is 0 Å². The van der Waals surface area contributed by atoms with Gasteiger partial charge in [-0.15, -0.1) is 11.3 Å². The summed E-state index contributed by atoms with van der Waals surface area (Å²) in [6, 6.07) is 10.4. The van der Waals surface area contributed by atoms with Crippen LogP contribution >= 0.6 is 22.9 Å². The summed E-state index contributed by atoms with van der Waals surface area (Å²) in [7, 11) is 0. The molecule has 1 aliphatic rings. The molecular formula is C15H16ClN3S. The third kappa shape index (κ3) is 2.46. The summed E-state index contributed by atoms with van der Waals surface area (Å²) in [5, 5.41) is 9.63. The van der Waals surface area contributed by atoms with E-state index in [1.165, 1.54) is 4.88 Å². The molecule has 1 unspecified atom stereocenters. The van der Waals surface area contributed by atoms with Crippen LogP contribution in [0.15, 0.2) is 40.8 Å². The van der Waals surface area contributed by atoms with E-state index >= 15 is 0 Å². The molecule has 2 heterocycles. The number of anilines is 1. The second-order valence-electron chi connectivity index (χ2n) is 4.88. The van der Waals surface area contributed by atoms with Crippen LogP contribution in [0.3, 0.4) is 0 Å². The van der Waals surface area contributed by atoms with Gasteiger partial charge in [-0.25, -0.2) is 0 Å². The van der Waals surface area contributed by atoms with E-state index in [0.29, 0.717) is 6.54 Å². The summed E-state index contributed by atoms with van der Waals surface area (Å²) >= 11 is 7.80. The summed E-state index contributed by atoms with van der Waals surface area (Å²) in [4.78, 5) is 1.31. The first-order valence-corrected chi connectivity index (χ1v) is 7.80. The number of nitrogens with two attached hydrogens (primary N) is 1. The van der Waals surface area contributed by atoms with Crippen molar-refractivity contribution in [1.29, 1.82) is 0 Å². The van der Waals surface area contributed by atoms with Gasteiger partial charge in [0.25, 0.3) is 0 Å². The van der Waals surface area contributed by atoms with Gasteiger partial charge in [0.1, 0.15) is 0 Å². The first-order valence-electron chi connectivity index (χ1n) is 6.54. The summed E-state index contributed by atoms with van der Waals surface area (Å²) in [5.41, 5.74) is 9.04. The van der Waals surface area contributed by atoms with Crippen LogP contribution in [0.25, 0.3) is 0 Å². The highest BCUT2D eigenvalue weighted by Gasteiger charge is 2.29. The Morgan fingerprint density at radius 2 is 2.30 bits per heavy atom. The molecule has 2 N–H and O–H groups in total. The van der Waals surface area contributed by atoms with Crippen molar-refractivity contribution in [3.05, 3.63) is 51.2 Å². The minimum atomic E-state index is 0.244. The number of hydrogen-bond acceptors (Lipinski definition) is 4. The number of hydrogen-bond donors (Lipinski definition) is 1. The van der Waals surface area contributed by atoms with Crippen molar-refractivity contribution < 1.29 is 0 Å². The SMILES string of the molecule is Cc1cc(Cl)ccc1N1N=C(CN)CC1c1cccs1. The first kappa shape index (κ1) is 13.6. The molecule has 2 aromatic rings. The minimum Gasteiger partial charge on any atom is -0.325 e. The van der Waals surface area contributed by atoms with Crippen LogP contribution in [0, 0.1) is 6.92 Å². The zero-order chi connectivity index (χ0) is 14.1. The van der Waals surface area contributed by atoms with Gasteiger partial charge in [0, 0.05) is 22.9 Å². The Labute approximate surface area is 127 Å². The van der Waals surface area contributed by atoms with Crippen LogP contribution < -0.4 is 10.7 Å². The molecule has 0 bridgehead atoms. The molecule has 1 atom stereocenters. The molecule has 0 spiro atoms. The molecule has 1 aliphatic heterocycles. The van der Waals surface area contributed by atoms with Crippen LogP contribution in [0.2, 0.25) is 5.02 Å². The molecule has 0 amide bonds. The number of nitrogens with zero attached hydrogens (tertiary/aromatic N) is 2. The fraction of sp³-hybridized carbons (Fsp3) is 0.267. The molecule has 3 nitrogen and oxygen atoms in total. The minimum absolute atomic E-state index is 0.244. The van der Waals surface area contributed by atoms with E-state index in [2.05, 4.69) is 29.4 Å². The van der Waals surface area contributed by atoms with Gasteiger partial charge < -0.3 is 5.73 Å². The van der Waals surface area contributed by atoms with Gasteiger partial charge in [-0.3, -0.25) is 5.01 Å². The Morgan fingerprint density at radius 3 is 2.95 bits per heavy atom. The average molecular weight is 306 g/mol. The molecule has 0 aliphatic carbocycles. The summed E-state index contributed by atoms with van der Waals surface area (Å²) in [6.07, 6.45) is 0.888. The van der Waals surface area contributed by atoms with Gasteiger partial charge in [0.05, 0.1) is 17.4 Å². The summed E-state index contributed by atoms with van der Waals surface area (Å²) in [5.74, 6) is 0. The normalized spacial score (nSPS) is 18.4. The molecule has 0 radical (unpaired) electrons. The lowest BCUT2D eigenvalue weighted by Crippen LogP contribution is -2.18. The van der Waals surface area contributed by atoms with Crippen molar-refractivity contribution in [2.24, 2.45) is 10.8 Å². The quantitative estimate of drug-likeness (QED) is 0.932. The lowest BCUT2D eigenvalue weighted by Gasteiger charge is -2.24. The Hall–Kier alpha value is -1.36. The Bertz CT molecular complexity index is 637. The third-order valence-corrected chi connectivity index (χ3v) is 4.69. The number of thiophene rings is 1. The third-order valence-electron chi connectivity index (χ3n) is 3.49. The van der Waals surface area contributed by atoms with Crippen LogP contribution in [-0.2, 0) is 0 Å². The fourth-order valence-corrected chi connectivity index (χ4v) is 3.53. The summed E-state index contributed by atoms with van der Waals surface area (Å²) in [6.45, 7) is 2.56. The molecule has 3 rings (SSSR count). The Kier molecular flexibility index (Phi) is 3.78. The molecule has 1 aromatic heterocycles. The second-order valence-corrected chi connectivity index (χ2v) is 6.30. The predicted molar refractivity (Wildman–Crippen MR) is 86.8 cm³/mol. The van der Waals surface area contributed by atoms with E-state index in [-0.39, 0.29) is 6.04 Å². The predicted octanol–water partition coefficient (Wildman–Crippen LogP) is 3.98. The first-order chi connectivity index (χ1) is 9.69. The van der Waals surface area contributed by atoms with E-state index in [4.69, 9.17) is 22.4 Å². The number of hydrazone groups is 1. The maximum absolute atomic E-state index is 6.04. The van der Waals surface area contributed by atoms with Crippen molar-refractivity contribution in [3.63, 3.8) is 0 Å². The van der Waals surface area contributed by atoms with Gasteiger partial charge in [-0.2, -0.15) is 5.10 Å². The largest absolute Gasteiger partial charge is 0.325 e. The smallest absolute Gasteiger partial charge is 0.0920 e. The highest BCUT2D eigenvalue weighted by Crippen LogP contribution is 2.38. The number of aryl methyl sites for hydroxylation is 1. The van der Waals surface area contributed by atoms with E-state index in [1.54, 1.807) is 11.3 Å². The molecule has 1 aromatic carbocycles. The average Bonchev–Trinajstić information content (AvgIpc) is 3.07. The van der Waals surface area contributed by atoms with Crippen molar-refractivity contribution in [2.45, 2.75) is 19.4 Å². The van der Waals surface area contributed by atoms with Crippen molar-refractivity contribution >= 4 is 34.3 Å². The lowest BCUT2D eigenvalue weighted by atomic mass is 10.1. The highest BCUT2D eigenvalue weighted by atomic mass is 35.5. The van der Waals surface area contributed by atoms with Crippen LogP contribution in [0.1, 0.15) is 22.9 Å². The molecule has 0 fully saturated rings. The van der Waals surface area contributed by atoms with E-state index in [1.807, 2.05) is 18.2 Å². The monoisotopic (exact) mass is 305 g/mol. The van der Waals surface area contributed by atoms with Crippen LogP contribution in [-0.4, -0.2) is 12.3 Å². The molecule has 20 heavy (non-hydrogen) atoms. The molecule has 104 valence electrons. The van der Waals surface area contributed by atoms with Gasteiger partial charge in [0.2, 0.25) is 0 Å². The zero-order valence-corrected chi connectivity index (χ0v) is 12.8. The van der Waals surface area contributed by atoms with Crippen LogP contribution in [0.4, 0.5) is 5.69 Å². The number of halogens is 1. The number of benzene rings is 1. The number of rotatable bonds is 3.